The van der Waals surface area contributed by atoms with Crippen LogP contribution in [-0.4, -0.2) is 40.9 Å². The lowest BCUT2D eigenvalue weighted by Crippen LogP contribution is -2.27. The number of anilines is 1. The number of benzene rings is 2. The van der Waals surface area contributed by atoms with Crippen LogP contribution in [0.4, 0.5) is 23.7 Å². The van der Waals surface area contributed by atoms with Crippen molar-refractivity contribution in [1.82, 2.24) is 14.7 Å². The summed E-state index contributed by atoms with van der Waals surface area (Å²) in [5, 5.41) is 7.22. The largest absolute Gasteiger partial charge is 0.489 e. The first-order valence-corrected chi connectivity index (χ1v) is 12.1. The van der Waals surface area contributed by atoms with Gasteiger partial charge >= 0.3 is 18.0 Å². The Hall–Kier alpha value is -3.18. The Labute approximate surface area is 228 Å². The molecule has 0 saturated carbocycles. The van der Waals surface area contributed by atoms with Gasteiger partial charge in [0.2, 0.25) is 5.89 Å². The van der Waals surface area contributed by atoms with Gasteiger partial charge in [-0.1, -0.05) is 50.0 Å². The van der Waals surface area contributed by atoms with Crippen LogP contribution in [0.3, 0.4) is 0 Å². The molecule has 1 aromatic heterocycles. The number of carbonyl (C=O) groups is 1. The number of halogens is 5. The zero-order valence-electron chi connectivity index (χ0n) is 21.9. The molecule has 0 aliphatic rings. The number of rotatable bonds is 4. The maximum atomic E-state index is 12.3. The molecule has 0 spiro atoms. The number of carbonyl (C=O) groups excluding carboxylic acids is 1. The fourth-order valence-electron chi connectivity index (χ4n) is 2.77. The molecular weight excluding hydrogens is 548 g/mol. The summed E-state index contributed by atoms with van der Waals surface area (Å²) in [7, 11) is 3.01. The third-order valence-electron chi connectivity index (χ3n) is 4.63. The number of ether oxygens (including phenoxy) is 1. The maximum Gasteiger partial charge on any atom is 0.442 e. The van der Waals surface area contributed by atoms with Crippen molar-refractivity contribution in [2.24, 2.45) is 0 Å². The van der Waals surface area contributed by atoms with Crippen LogP contribution in [0.5, 0.6) is 5.75 Å². The average molecular weight is 577 g/mol. The molecule has 38 heavy (non-hydrogen) atoms. The lowest BCUT2D eigenvalue weighted by molar-refractivity contribution is -0.137. The molecule has 0 bridgehead atoms. The van der Waals surface area contributed by atoms with E-state index in [2.05, 4.69) is 10.4 Å². The van der Waals surface area contributed by atoms with Crippen LogP contribution in [0.15, 0.2) is 45.6 Å². The fourth-order valence-corrected chi connectivity index (χ4v) is 3.27. The van der Waals surface area contributed by atoms with E-state index in [0.29, 0.717) is 22.4 Å². The first kappa shape index (κ1) is 31.0. The van der Waals surface area contributed by atoms with Crippen LogP contribution in [0.25, 0.3) is 5.69 Å². The number of amides is 2. The van der Waals surface area contributed by atoms with Gasteiger partial charge in [-0.05, 0) is 38.1 Å². The molecule has 1 N–H and O–H groups in total. The van der Waals surface area contributed by atoms with Gasteiger partial charge in [-0.3, -0.25) is 0 Å². The third-order valence-corrected chi connectivity index (χ3v) is 5.23. The molecule has 0 aliphatic carbocycles. The van der Waals surface area contributed by atoms with Gasteiger partial charge in [-0.2, -0.15) is 17.9 Å². The minimum absolute atomic E-state index is 0.0642. The second-order valence-corrected chi connectivity index (χ2v) is 10.5. The summed E-state index contributed by atoms with van der Waals surface area (Å²) in [6.45, 7) is 9.47. The van der Waals surface area contributed by atoms with Crippen molar-refractivity contribution in [2.45, 2.75) is 52.3 Å². The lowest BCUT2D eigenvalue weighted by atomic mass is 9.97. The molecular formula is C25H29Cl2F3N4O4. The molecule has 208 valence electrons. The van der Waals surface area contributed by atoms with Crippen molar-refractivity contribution in [3.05, 3.63) is 68.4 Å². The molecule has 13 heteroatoms. The van der Waals surface area contributed by atoms with Crippen LogP contribution in [0.1, 0.15) is 46.1 Å². The Morgan fingerprint density at radius 3 is 2.24 bits per heavy atom. The van der Waals surface area contributed by atoms with Crippen LogP contribution in [0, 0.1) is 0 Å². The van der Waals surface area contributed by atoms with Gasteiger partial charge < -0.3 is 19.4 Å². The van der Waals surface area contributed by atoms with Gasteiger partial charge in [0.25, 0.3) is 0 Å². The highest BCUT2D eigenvalue weighted by molar-refractivity contribution is 6.36. The number of hydrogen-bond acceptors (Lipinski definition) is 5. The van der Waals surface area contributed by atoms with Crippen LogP contribution >= 0.6 is 23.2 Å². The van der Waals surface area contributed by atoms with Crippen molar-refractivity contribution < 1.29 is 27.1 Å². The van der Waals surface area contributed by atoms with E-state index in [-0.39, 0.29) is 22.2 Å². The normalized spacial score (nSPS) is 11.6. The molecule has 3 rings (SSSR count). The average Bonchev–Trinajstić information content (AvgIpc) is 3.17. The minimum Gasteiger partial charge on any atom is -0.489 e. The van der Waals surface area contributed by atoms with Gasteiger partial charge in [0.15, 0.2) is 0 Å². The van der Waals surface area contributed by atoms with Crippen LogP contribution in [0.2, 0.25) is 10.0 Å². The Bertz CT molecular complexity index is 1330. The highest BCUT2D eigenvalue weighted by Crippen LogP contribution is 2.34. The van der Waals surface area contributed by atoms with Gasteiger partial charge in [0.1, 0.15) is 5.75 Å². The minimum atomic E-state index is -4.40. The molecule has 0 radical (unpaired) electrons. The predicted molar refractivity (Wildman–Crippen MR) is 141 cm³/mol. The third kappa shape index (κ3) is 8.42. The molecule has 0 saturated heterocycles. The first-order chi connectivity index (χ1) is 17.4. The summed E-state index contributed by atoms with van der Waals surface area (Å²) < 4.78 is 49.0. The SMILES string of the molecule is CC(C)Oc1cc(-n2nc(C(C)(C)C)oc2=O)c(Cl)cc1Cl.CN(C)C(=O)Nc1cccc(C(F)(F)F)c1. The van der Waals surface area contributed by atoms with Crippen LogP contribution in [-0.2, 0) is 11.6 Å². The number of aromatic nitrogens is 2. The smallest absolute Gasteiger partial charge is 0.442 e. The number of alkyl halides is 3. The number of nitrogens with one attached hydrogen (secondary N) is 1. The maximum absolute atomic E-state index is 12.3. The topological polar surface area (TPSA) is 89.6 Å². The summed E-state index contributed by atoms with van der Waals surface area (Å²) >= 11 is 12.3. The van der Waals surface area contributed by atoms with E-state index >= 15 is 0 Å². The van der Waals surface area contributed by atoms with Gasteiger partial charge in [-0.15, -0.1) is 5.10 Å². The molecule has 0 aliphatic heterocycles. The second-order valence-electron chi connectivity index (χ2n) is 9.64. The summed E-state index contributed by atoms with van der Waals surface area (Å²) in [5.41, 5.74) is -0.691. The van der Waals surface area contributed by atoms with Gasteiger partial charge in [0, 0.05) is 31.3 Å². The fraction of sp³-hybridized carbons (Fsp3) is 0.400. The molecule has 0 unspecified atom stereocenters. The van der Waals surface area contributed by atoms with E-state index in [1.54, 1.807) is 6.07 Å². The number of nitrogens with zero attached hydrogens (tertiary/aromatic N) is 3. The zero-order chi connectivity index (χ0) is 29.0. The van der Waals surface area contributed by atoms with E-state index in [4.69, 9.17) is 32.4 Å². The van der Waals surface area contributed by atoms with Crippen molar-refractivity contribution >= 4 is 34.9 Å². The van der Waals surface area contributed by atoms with E-state index in [1.807, 2.05) is 34.6 Å². The predicted octanol–water partition coefficient (Wildman–Crippen LogP) is 7.02. The first-order valence-electron chi connectivity index (χ1n) is 11.3. The summed E-state index contributed by atoms with van der Waals surface area (Å²) in [5.74, 6) is 0.155. The quantitative estimate of drug-likeness (QED) is 0.360. The van der Waals surface area contributed by atoms with Crippen molar-refractivity contribution in [3.63, 3.8) is 0 Å². The van der Waals surface area contributed by atoms with Crippen molar-refractivity contribution in [3.8, 4) is 11.4 Å². The standard InChI is InChI=1S/C15H18Cl2N2O3.C10H11F3N2O/c1-8(2)21-12-7-11(9(16)6-10(12)17)19-14(20)22-13(18-19)15(3,4)5;1-15(2)9(16)14-8-5-3-4-7(6-8)10(11,12)13/h6-8H,1-5H3;3-6H,1-2H3,(H,14,16). The Balaban J connectivity index is 0.000000281. The highest BCUT2D eigenvalue weighted by Gasteiger charge is 2.30. The second kappa shape index (κ2) is 12.1. The van der Waals surface area contributed by atoms with Crippen molar-refractivity contribution in [2.75, 3.05) is 19.4 Å². The van der Waals surface area contributed by atoms with Gasteiger partial charge in [-0.25, -0.2) is 9.59 Å². The molecule has 2 amide bonds. The zero-order valence-corrected chi connectivity index (χ0v) is 23.4. The van der Waals surface area contributed by atoms with Crippen molar-refractivity contribution in [1.29, 1.82) is 0 Å². The van der Waals surface area contributed by atoms with E-state index < -0.39 is 23.5 Å². The number of urea groups is 1. The lowest BCUT2D eigenvalue weighted by Gasteiger charge is -2.13. The molecule has 8 nitrogen and oxygen atoms in total. The van der Waals surface area contributed by atoms with E-state index in [0.717, 1.165) is 16.8 Å². The molecule has 3 aromatic rings. The summed E-state index contributed by atoms with van der Waals surface area (Å²) in [6.07, 6.45) is -4.47. The Morgan fingerprint density at radius 2 is 1.74 bits per heavy atom. The highest BCUT2D eigenvalue weighted by atomic mass is 35.5. The van der Waals surface area contributed by atoms with E-state index in [1.165, 1.54) is 37.2 Å². The monoisotopic (exact) mass is 576 g/mol. The summed E-state index contributed by atoms with van der Waals surface area (Å²) in [4.78, 5) is 24.5. The van der Waals surface area contributed by atoms with E-state index in [9.17, 15) is 22.8 Å². The van der Waals surface area contributed by atoms with Crippen LogP contribution < -0.4 is 15.8 Å². The Kier molecular flexibility index (Phi) is 9.90. The molecule has 1 heterocycles. The van der Waals surface area contributed by atoms with Gasteiger partial charge in [0.05, 0.1) is 27.4 Å². The Morgan fingerprint density at radius 1 is 1.11 bits per heavy atom. The molecule has 2 aromatic carbocycles. The summed E-state index contributed by atoms with van der Waals surface area (Å²) in [6, 6.07) is 7.12. The number of hydrogen-bond donors (Lipinski definition) is 1. The molecule has 0 atom stereocenters. The molecule has 0 fully saturated rings.